The molecule has 2 N–H and O–H groups in total. The maximum absolute atomic E-state index is 11.6. The molecule has 110 valence electrons. The molecule has 0 aromatic heterocycles. The van der Waals surface area contributed by atoms with Gasteiger partial charge in [-0.1, -0.05) is 43.7 Å². The third kappa shape index (κ3) is 6.38. The van der Waals surface area contributed by atoms with E-state index in [-0.39, 0.29) is 6.03 Å². The third-order valence-electron chi connectivity index (χ3n) is 3.18. The zero-order valence-corrected chi connectivity index (χ0v) is 12.6. The fourth-order valence-corrected chi connectivity index (χ4v) is 1.81. The van der Waals surface area contributed by atoms with E-state index in [1.807, 2.05) is 30.3 Å². The molecule has 0 bridgehead atoms. The first-order chi connectivity index (χ1) is 9.65. The number of amides is 2. The molecule has 0 heterocycles. The number of aryl methyl sites for hydroxylation is 1. The van der Waals surface area contributed by atoms with Crippen LogP contribution in [0.25, 0.3) is 6.08 Å². The lowest BCUT2D eigenvalue weighted by Gasteiger charge is -2.17. The van der Waals surface area contributed by atoms with Crippen LogP contribution in [0.3, 0.4) is 0 Å². The minimum atomic E-state index is -0.166. The molecule has 2 amide bonds. The molecule has 0 fully saturated rings. The van der Waals surface area contributed by atoms with Crippen molar-refractivity contribution in [2.45, 2.75) is 20.8 Å². The number of carbonyl (C=O) groups is 1. The van der Waals surface area contributed by atoms with Crippen LogP contribution in [0.5, 0.6) is 0 Å². The zero-order chi connectivity index (χ0) is 14.8. The molecule has 0 atom stereocenters. The van der Waals surface area contributed by atoms with E-state index in [2.05, 4.69) is 36.3 Å². The molecular formula is C16H25N3O. The second kappa shape index (κ2) is 9.15. The van der Waals surface area contributed by atoms with Gasteiger partial charge in [-0.15, -0.1) is 0 Å². The van der Waals surface area contributed by atoms with Crippen LogP contribution in [0.2, 0.25) is 0 Å². The van der Waals surface area contributed by atoms with Crippen LogP contribution in [0.4, 0.5) is 4.79 Å². The highest BCUT2D eigenvalue weighted by Crippen LogP contribution is 2.03. The van der Waals surface area contributed by atoms with E-state index in [1.165, 1.54) is 5.56 Å². The van der Waals surface area contributed by atoms with Crippen molar-refractivity contribution in [3.63, 3.8) is 0 Å². The summed E-state index contributed by atoms with van der Waals surface area (Å²) in [4.78, 5) is 13.8. The Morgan fingerprint density at radius 3 is 2.45 bits per heavy atom. The van der Waals surface area contributed by atoms with Crippen LogP contribution in [0.1, 0.15) is 25.0 Å². The zero-order valence-electron chi connectivity index (χ0n) is 12.6. The fourth-order valence-electron chi connectivity index (χ4n) is 1.81. The lowest BCUT2D eigenvalue weighted by atomic mass is 10.1. The number of hydrogen-bond acceptors (Lipinski definition) is 2. The van der Waals surface area contributed by atoms with E-state index in [0.29, 0.717) is 6.54 Å². The van der Waals surface area contributed by atoms with Crippen LogP contribution in [-0.2, 0) is 0 Å². The minimum absolute atomic E-state index is 0.166. The van der Waals surface area contributed by atoms with E-state index in [0.717, 1.165) is 25.2 Å². The largest absolute Gasteiger partial charge is 0.337 e. The first-order valence-electron chi connectivity index (χ1n) is 7.15. The van der Waals surface area contributed by atoms with Crippen LogP contribution in [-0.4, -0.2) is 37.1 Å². The Hall–Kier alpha value is -1.81. The molecule has 0 saturated carbocycles. The number of nitrogens with zero attached hydrogens (tertiary/aromatic N) is 1. The summed E-state index contributed by atoms with van der Waals surface area (Å²) in [6.45, 7) is 9.84. The Labute approximate surface area is 121 Å². The Bertz CT molecular complexity index is 422. The summed E-state index contributed by atoms with van der Waals surface area (Å²) in [5, 5.41) is 5.54. The summed E-state index contributed by atoms with van der Waals surface area (Å²) in [5.41, 5.74) is 2.29. The highest BCUT2D eigenvalue weighted by Gasteiger charge is 2.00. The van der Waals surface area contributed by atoms with Crippen LogP contribution in [0.15, 0.2) is 30.5 Å². The average Bonchev–Trinajstić information content (AvgIpc) is 2.46. The molecule has 0 aliphatic heterocycles. The average molecular weight is 275 g/mol. The fraction of sp³-hybridized carbons (Fsp3) is 0.438. The summed E-state index contributed by atoms with van der Waals surface area (Å²) >= 11 is 0. The summed E-state index contributed by atoms with van der Waals surface area (Å²) in [6, 6.07) is 7.96. The Kier molecular flexibility index (Phi) is 7.43. The lowest BCUT2D eigenvalue weighted by molar-refractivity contribution is 0.240. The highest BCUT2D eigenvalue weighted by molar-refractivity contribution is 5.75. The quantitative estimate of drug-likeness (QED) is 0.803. The molecule has 0 aliphatic carbocycles. The summed E-state index contributed by atoms with van der Waals surface area (Å²) in [6.07, 6.45) is 3.54. The number of likely N-dealkylation sites (N-methyl/N-ethyl adjacent to an activating group) is 1. The molecular weight excluding hydrogens is 250 g/mol. The van der Waals surface area contributed by atoms with E-state index in [1.54, 1.807) is 6.20 Å². The monoisotopic (exact) mass is 275 g/mol. The van der Waals surface area contributed by atoms with Crippen LogP contribution < -0.4 is 10.6 Å². The lowest BCUT2D eigenvalue weighted by Crippen LogP contribution is -2.38. The van der Waals surface area contributed by atoms with Gasteiger partial charge in [0.15, 0.2) is 0 Å². The standard InChI is InChI=1S/C16H25N3O/c1-4-19(5-2)13-12-18-16(20)17-11-10-15-8-6-14(3)7-9-15/h6-11H,4-5,12-13H2,1-3H3,(H2,17,18,20)/b11-10+. The summed E-state index contributed by atoms with van der Waals surface area (Å²) in [7, 11) is 0. The highest BCUT2D eigenvalue weighted by atomic mass is 16.2. The maximum Gasteiger partial charge on any atom is 0.318 e. The topological polar surface area (TPSA) is 44.4 Å². The van der Waals surface area contributed by atoms with E-state index >= 15 is 0 Å². The second-order valence-corrected chi connectivity index (χ2v) is 4.67. The molecule has 0 aliphatic rings. The van der Waals surface area contributed by atoms with Gasteiger partial charge in [0.05, 0.1) is 0 Å². The van der Waals surface area contributed by atoms with Gasteiger partial charge in [-0.05, 0) is 31.7 Å². The van der Waals surface area contributed by atoms with E-state index < -0.39 is 0 Å². The van der Waals surface area contributed by atoms with Gasteiger partial charge in [0.2, 0.25) is 0 Å². The molecule has 0 radical (unpaired) electrons. The molecule has 1 rings (SSSR count). The molecule has 20 heavy (non-hydrogen) atoms. The first kappa shape index (κ1) is 16.2. The van der Waals surface area contributed by atoms with Gasteiger partial charge in [0, 0.05) is 19.3 Å². The van der Waals surface area contributed by atoms with E-state index in [4.69, 9.17) is 0 Å². The molecule has 4 nitrogen and oxygen atoms in total. The molecule has 4 heteroatoms. The first-order valence-corrected chi connectivity index (χ1v) is 7.15. The number of urea groups is 1. The predicted molar refractivity (Wildman–Crippen MR) is 84.5 cm³/mol. The van der Waals surface area contributed by atoms with Gasteiger partial charge >= 0.3 is 6.03 Å². The Morgan fingerprint density at radius 1 is 1.20 bits per heavy atom. The van der Waals surface area contributed by atoms with Gasteiger partial charge in [-0.2, -0.15) is 0 Å². The van der Waals surface area contributed by atoms with E-state index in [9.17, 15) is 4.79 Å². The second-order valence-electron chi connectivity index (χ2n) is 4.67. The number of benzene rings is 1. The SMILES string of the molecule is CCN(CC)CCNC(=O)N/C=C/c1ccc(C)cc1. The molecule has 1 aromatic rings. The van der Waals surface area contributed by atoms with Crippen molar-refractivity contribution in [2.24, 2.45) is 0 Å². The van der Waals surface area contributed by atoms with Crippen molar-refractivity contribution >= 4 is 12.1 Å². The summed E-state index contributed by atoms with van der Waals surface area (Å²) in [5.74, 6) is 0. The third-order valence-corrected chi connectivity index (χ3v) is 3.18. The maximum atomic E-state index is 11.6. The van der Waals surface area contributed by atoms with Gasteiger partial charge < -0.3 is 15.5 Å². The molecule has 0 saturated heterocycles. The van der Waals surface area contributed by atoms with Crippen LogP contribution in [0, 0.1) is 6.92 Å². The number of rotatable bonds is 7. The summed E-state index contributed by atoms with van der Waals surface area (Å²) < 4.78 is 0. The van der Waals surface area contributed by atoms with Crippen molar-refractivity contribution in [1.29, 1.82) is 0 Å². The smallest absolute Gasteiger partial charge is 0.318 e. The number of hydrogen-bond donors (Lipinski definition) is 2. The van der Waals surface area contributed by atoms with Crippen molar-refractivity contribution < 1.29 is 4.79 Å². The van der Waals surface area contributed by atoms with Gasteiger partial charge in [0.1, 0.15) is 0 Å². The number of carbonyl (C=O) groups excluding carboxylic acids is 1. The van der Waals surface area contributed by atoms with Crippen LogP contribution >= 0.6 is 0 Å². The molecule has 0 unspecified atom stereocenters. The van der Waals surface area contributed by atoms with Crippen molar-refractivity contribution in [1.82, 2.24) is 15.5 Å². The van der Waals surface area contributed by atoms with Gasteiger partial charge in [0.25, 0.3) is 0 Å². The Morgan fingerprint density at radius 2 is 1.85 bits per heavy atom. The van der Waals surface area contributed by atoms with Gasteiger partial charge in [-0.25, -0.2) is 4.79 Å². The Balaban J connectivity index is 2.24. The predicted octanol–water partition coefficient (Wildman–Crippen LogP) is 2.61. The molecule has 1 aromatic carbocycles. The van der Waals surface area contributed by atoms with Crippen molar-refractivity contribution in [2.75, 3.05) is 26.2 Å². The number of nitrogens with one attached hydrogen (secondary N) is 2. The van der Waals surface area contributed by atoms with Crippen molar-refractivity contribution in [3.8, 4) is 0 Å². The van der Waals surface area contributed by atoms with Gasteiger partial charge in [-0.3, -0.25) is 0 Å². The molecule has 0 spiro atoms. The normalized spacial score (nSPS) is 11.0. The minimum Gasteiger partial charge on any atom is -0.337 e. The van der Waals surface area contributed by atoms with Crippen molar-refractivity contribution in [3.05, 3.63) is 41.6 Å².